The molecule has 0 aromatic carbocycles. The average Bonchev–Trinajstić information content (AvgIpc) is 2.82. The summed E-state index contributed by atoms with van der Waals surface area (Å²) in [7, 11) is 0. The second-order valence-electron chi connectivity index (χ2n) is 5.33. The van der Waals surface area contributed by atoms with Crippen LogP contribution >= 0.6 is 0 Å². The van der Waals surface area contributed by atoms with Crippen LogP contribution in [0.15, 0.2) is 10.7 Å². The van der Waals surface area contributed by atoms with E-state index >= 15 is 0 Å². The molecule has 0 saturated heterocycles. The second-order valence-corrected chi connectivity index (χ2v) is 5.33. The highest BCUT2D eigenvalue weighted by atomic mass is 16.6. The molecule has 1 heterocycles. The van der Waals surface area contributed by atoms with Gasteiger partial charge in [0.2, 0.25) is 0 Å². The lowest BCUT2D eigenvalue weighted by Gasteiger charge is -2.25. The first-order valence-corrected chi connectivity index (χ1v) is 7.05. The predicted molar refractivity (Wildman–Crippen MR) is 70.5 cm³/mol. The van der Waals surface area contributed by atoms with Crippen molar-refractivity contribution in [2.24, 2.45) is 11.8 Å². The lowest BCUT2D eigenvalue weighted by Crippen LogP contribution is -2.19. The van der Waals surface area contributed by atoms with Gasteiger partial charge in [-0.15, -0.1) is 0 Å². The molecule has 1 saturated carbocycles. The van der Waals surface area contributed by atoms with E-state index in [1.165, 1.54) is 25.7 Å². The van der Waals surface area contributed by atoms with E-state index in [-0.39, 0.29) is 0 Å². The Kier molecular flexibility index (Phi) is 5.05. The maximum atomic E-state index is 5.65. The highest BCUT2D eigenvalue weighted by Crippen LogP contribution is 2.28. The zero-order valence-corrected chi connectivity index (χ0v) is 11.4. The molecule has 1 aliphatic rings. The molecule has 1 aliphatic carbocycles. The molecule has 0 bridgehead atoms. The Labute approximate surface area is 109 Å². The van der Waals surface area contributed by atoms with Gasteiger partial charge in [-0.1, -0.05) is 26.7 Å². The van der Waals surface area contributed by atoms with Crippen molar-refractivity contribution >= 4 is 0 Å². The molecule has 18 heavy (non-hydrogen) atoms. The summed E-state index contributed by atoms with van der Waals surface area (Å²) in [5, 5.41) is 3.21. The van der Waals surface area contributed by atoms with Crippen molar-refractivity contribution in [2.45, 2.75) is 46.1 Å². The summed E-state index contributed by atoms with van der Waals surface area (Å²) in [6.45, 7) is 6.81. The fourth-order valence-corrected chi connectivity index (χ4v) is 2.59. The van der Waals surface area contributed by atoms with Crippen LogP contribution in [0.5, 0.6) is 6.08 Å². The first-order valence-electron chi connectivity index (χ1n) is 7.05. The predicted octanol–water partition coefficient (Wildman–Crippen LogP) is 2.99. The third kappa shape index (κ3) is 4.02. The third-order valence-corrected chi connectivity index (χ3v) is 3.57. The van der Waals surface area contributed by atoms with Gasteiger partial charge in [-0.25, -0.2) is 0 Å². The second kappa shape index (κ2) is 6.78. The van der Waals surface area contributed by atoms with Crippen molar-refractivity contribution in [3.63, 3.8) is 0 Å². The number of hydrogen-bond acceptors (Lipinski definition) is 4. The van der Waals surface area contributed by atoms with Crippen LogP contribution in [-0.2, 0) is 6.54 Å². The Hall–Kier alpha value is -1.03. The normalized spacial score (nSPS) is 24.1. The highest BCUT2D eigenvalue weighted by Gasteiger charge is 2.20. The summed E-state index contributed by atoms with van der Waals surface area (Å²) < 4.78 is 11.0. The van der Waals surface area contributed by atoms with Crippen LogP contribution in [0.2, 0.25) is 0 Å². The quantitative estimate of drug-likeness (QED) is 0.845. The van der Waals surface area contributed by atoms with Crippen molar-refractivity contribution in [2.75, 3.05) is 13.2 Å². The Morgan fingerprint density at radius 3 is 3.17 bits per heavy atom. The molecule has 0 radical (unpaired) electrons. The number of rotatable bonds is 6. The molecular formula is C14H24N2O2. The molecule has 1 fully saturated rings. The van der Waals surface area contributed by atoms with Crippen molar-refractivity contribution in [1.82, 2.24) is 10.3 Å². The molecule has 0 aliphatic heterocycles. The third-order valence-electron chi connectivity index (χ3n) is 3.57. The van der Waals surface area contributed by atoms with Gasteiger partial charge in [0, 0.05) is 6.54 Å². The van der Waals surface area contributed by atoms with Crippen LogP contribution in [0.25, 0.3) is 0 Å². The summed E-state index contributed by atoms with van der Waals surface area (Å²) in [4.78, 5) is 4.30. The van der Waals surface area contributed by atoms with Gasteiger partial charge in [-0.3, -0.25) is 0 Å². The molecule has 4 heteroatoms. The molecule has 1 N–H and O–H groups in total. The van der Waals surface area contributed by atoms with Crippen molar-refractivity contribution in [3.05, 3.63) is 12.0 Å². The maximum Gasteiger partial charge on any atom is 0.393 e. The number of hydrogen-bond donors (Lipinski definition) is 1. The van der Waals surface area contributed by atoms with E-state index in [1.54, 1.807) is 6.26 Å². The molecule has 2 rings (SSSR count). The topological polar surface area (TPSA) is 47.3 Å². The average molecular weight is 252 g/mol. The van der Waals surface area contributed by atoms with Gasteiger partial charge in [0.05, 0.1) is 12.3 Å². The molecule has 4 nitrogen and oxygen atoms in total. The molecule has 2 unspecified atom stereocenters. The number of aromatic nitrogens is 1. The Balaban J connectivity index is 1.74. The van der Waals surface area contributed by atoms with Gasteiger partial charge in [-0.05, 0) is 31.2 Å². The lowest BCUT2D eigenvalue weighted by molar-refractivity contribution is 0.148. The van der Waals surface area contributed by atoms with E-state index in [0.29, 0.717) is 12.0 Å². The summed E-state index contributed by atoms with van der Waals surface area (Å²) in [6, 6.07) is 0. The Morgan fingerprint density at radius 2 is 2.39 bits per heavy atom. The van der Waals surface area contributed by atoms with E-state index in [9.17, 15) is 0 Å². The minimum Gasteiger partial charge on any atom is -0.450 e. The van der Waals surface area contributed by atoms with E-state index in [0.717, 1.165) is 31.3 Å². The summed E-state index contributed by atoms with van der Waals surface area (Å²) in [5.41, 5.74) is 0.906. The van der Waals surface area contributed by atoms with Crippen molar-refractivity contribution in [3.8, 4) is 6.08 Å². The van der Waals surface area contributed by atoms with Gasteiger partial charge in [0.25, 0.3) is 0 Å². The monoisotopic (exact) mass is 252 g/mol. The Bertz CT molecular complexity index is 351. The van der Waals surface area contributed by atoms with E-state index < -0.39 is 0 Å². The SMILES string of the molecule is CCNCc1coc(OCC2CCCC(C)C2)n1. The first-order chi connectivity index (χ1) is 8.78. The van der Waals surface area contributed by atoms with Crippen LogP contribution in [0.1, 0.15) is 45.2 Å². The van der Waals surface area contributed by atoms with Gasteiger partial charge in [0.1, 0.15) is 6.26 Å². The fraction of sp³-hybridized carbons (Fsp3) is 0.786. The van der Waals surface area contributed by atoms with Crippen LogP contribution < -0.4 is 10.1 Å². The fourth-order valence-electron chi connectivity index (χ4n) is 2.59. The zero-order valence-electron chi connectivity index (χ0n) is 11.4. The molecule has 0 spiro atoms. The standard InChI is InChI=1S/C14H24N2O2/c1-3-15-8-13-10-18-14(16-13)17-9-12-6-4-5-11(2)7-12/h10-12,15H,3-9H2,1-2H3. The summed E-state index contributed by atoms with van der Waals surface area (Å²) >= 11 is 0. The molecule has 2 atom stereocenters. The number of ether oxygens (including phenoxy) is 1. The highest BCUT2D eigenvalue weighted by molar-refractivity contribution is 4.99. The van der Waals surface area contributed by atoms with Crippen LogP contribution in [0, 0.1) is 11.8 Å². The van der Waals surface area contributed by atoms with E-state index in [1.807, 2.05) is 0 Å². The molecule has 102 valence electrons. The van der Waals surface area contributed by atoms with Gasteiger partial charge < -0.3 is 14.5 Å². The lowest BCUT2D eigenvalue weighted by atomic mass is 9.83. The molecular weight excluding hydrogens is 228 g/mol. The molecule has 0 amide bonds. The summed E-state index contributed by atoms with van der Waals surface area (Å²) in [5.74, 6) is 1.50. The first kappa shape index (κ1) is 13.4. The number of oxazole rings is 1. The van der Waals surface area contributed by atoms with Crippen molar-refractivity contribution < 1.29 is 9.15 Å². The minimum atomic E-state index is 0.418. The summed E-state index contributed by atoms with van der Waals surface area (Å²) in [6.07, 6.45) is 7.32. The van der Waals surface area contributed by atoms with Crippen LogP contribution in [-0.4, -0.2) is 18.1 Å². The van der Waals surface area contributed by atoms with Gasteiger partial charge >= 0.3 is 6.08 Å². The van der Waals surface area contributed by atoms with Crippen LogP contribution in [0.3, 0.4) is 0 Å². The van der Waals surface area contributed by atoms with Gasteiger partial charge in [0.15, 0.2) is 0 Å². The van der Waals surface area contributed by atoms with Crippen LogP contribution in [0.4, 0.5) is 0 Å². The number of nitrogens with one attached hydrogen (secondary N) is 1. The zero-order chi connectivity index (χ0) is 12.8. The molecule has 1 aromatic heterocycles. The minimum absolute atomic E-state index is 0.418. The van der Waals surface area contributed by atoms with E-state index in [2.05, 4.69) is 24.1 Å². The van der Waals surface area contributed by atoms with E-state index in [4.69, 9.17) is 9.15 Å². The smallest absolute Gasteiger partial charge is 0.393 e. The van der Waals surface area contributed by atoms with Crippen molar-refractivity contribution in [1.29, 1.82) is 0 Å². The molecule has 1 aromatic rings. The maximum absolute atomic E-state index is 5.65. The largest absolute Gasteiger partial charge is 0.450 e. The Morgan fingerprint density at radius 1 is 1.50 bits per heavy atom. The number of nitrogens with zero attached hydrogens (tertiary/aromatic N) is 1. The van der Waals surface area contributed by atoms with Gasteiger partial charge in [-0.2, -0.15) is 4.98 Å².